The predicted octanol–water partition coefficient (Wildman–Crippen LogP) is 4.20. The quantitative estimate of drug-likeness (QED) is 0.633. The lowest BCUT2D eigenvalue weighted by atomic mass is 10.0. The molecule has 3 aromatic rings. The highest BCUT2D eigenvalue weighted by Crippen LogP contribution is 2.32. The fraction of sp³-hybridized carbons (Fsp3) is 0.391. The van der Waals surface area contributed by atoms with E-state index in [1.165, 1.54) is 11.1 Å². The van der Waals surface area contributed by atoms with Crippen molar-refractivity contribution < 1.29 is 9.53 Å². The Labute approximate surface area is 175 Å². The molecule has 0 aliphatic carbocycles. The second-order valence-electron chi connectivity index (χ2n) is 7.53. The molecule has 0 unspecified atom stereocenters. The van der Waals surface area contributed by atoms with Gasteiger partial charge in [-0.3, -0.25) is 4.79 Å². The topological polar surface area (TPSA) is 45.7 Å². The zero-order valence-electron chi connectivity index (χ0n) is 17.3. The van der Waals surface area contributed by atoms with Crippen molar-refractivity contribution in [1.29, 1.82) is 0 Å². The SMILES string of the molecule is CCOc1ccc2nc(N3CCN(C(=O)Cc4cc(C)ccc4C)CC3)sc2c1. The Morgan fingerprint density at radius 1 is 1.10 bits per heavy atom. The Kier molecular flexibility index (Phi) is 5.72. The molecular formula is C23H27N3O2S. The summed E-state index contributed by atoms with van der Waals surface area (Å²) in [6.45, 7) is 9.91. The van der Waals surface area contributed by atoms with E-state index >= 15 is 0 Å². The molecule has 1 aromatic heterocycles. The number of rotatable bonds is 5. The van der Waals surface area contributed by atoms with Crippen molar-refractivity contribution in [1.82, 2.24) is 9.88 Å². The first kappa shape index (κ1) is 19.7. The van der Waals surface area contributed by atoms with E-state index in [4.69, 9.17) is 9.72 Å². The van der Waals surface area contributed by atoms with Crippen LogP contribution in [-0.4, -0.2) is 48.6 Å². The summed E-state index contributed by atoms with van der Waals surface area (Å²) in [7, 11) is 0. The number of aromatic nitrogens is 1. The summed E-state index contributed by atoms with van der Waals surface area (Å²) < 4.78 is 6.73. The van der Waals surface area contributed by atoms with Gasteiger partial charge in [-0.1, -0.05) is 35.1 Å². The van der Waals surface area contributed by atoms with Crippen LogP contribution in [0.25, 0.3) is 10.2 Å². The van der Waals surface area contributed by atoms with Crippen molar-refractivity contribution in [3.63, 3.8) is 0 Å². The van der Waals surface area contributed by atoms with Crippen LogP contribution in [0.5, 0.6) is 5.75 Å². The first-order valence-corrected chi connectivity index (χ1v) is 11.0. The van der Waals surface area contributed by atoms with Crippen LogP contribution in [0.3, 0.4) is 0 Å². The molecule has 2 aromatic carbocycles. The highest BCUT2D eigenvalue weighted by atomic mass is 32.1. The molecule has 4 rings (SSSR count). The van der Waals surface area contributed by atoms with Gasteiger partial charge in [0.1, 0.15) is 5.75 Å². The molecule has 2 heterocycles. The maximum Gasteiger partial charge on any atom is 0.227 e. The third kappa shape index (κ3) is 4.37. The minimum Gasteiger partial charge on any atom is -0.494 e. The lowest BCUT2D eigenvalue weighted by molar-refractivity contribution is -0.130. The monoisotopic (exact) mass is 409 g/mol. The molecule has 0 radical (unpaired) electrons. The standard InChI is InChI=1S/C23H27N3O2S/c1-4-28-19-7-8-20-21(15-19)29-23(24-20)26-11-9-25(10-12-26)22(27)14-18-13-16(2)5-6-17(18)3/h5-8,13,15H,4,9-12,14H2,1-3H3. The van der Waals surface area contributed by atoms with E-state index in [-0.39, 0.29) is 5.91 Å². The van der Waals surface area contributed by atoms with Crippen molar-refractivity contribution in [3.8, 4) is 5.75 Å². The average Bonchev–Trinajstić information content (AvgIpc) is 3.14. The molecule has 1 saturated heterocycles. The number of benzene rings is 2. The summed E-state index contributed by atoms with van der Waals surface area (Å²) >= 11 is 1.69. The zero-order chi connectivity index (χ0) is 20.4. The normalized spacial score (nSPS) is 14.4. The third-order valence-corrected chi connectivity index (χ3v) is 6.49. The van der Waals surface area contributed by atoms with Gasteiger partial charge >= 0.3 is 0 Å². The molecule has 1 aliphatic heterocycles. The van der Waals surface area contributed by atoms with Crippen LogP contribution in [-0.2, 0) is 11.2 Å². The Hall–Kier alpha value is -2.60. The van der Waals surface area contributed by atoms with Gasteiger partial charge in [0.2, 0.25) is 5.91 Å². The fourth-order valence-corrected chi connectivity index (χ4v) is 4.74. The summed E-state index contributed by atoms with van der Waals surface area (Å²) in [5.41, 5.74) is 4.52. The minimum atomic E-state index is 0.212. The van der Waals surface area contributed by atoms with Gasteiger partial charge in [0.05, 0.1) is 23.2 Å². The highest BCUT2D eigenvalue weighted by molar-refractivity contribution is 7.22. The van der Waals surface area contributed by atoms with Crippen LogP contribution in [0.15, 0.2) is 36.4 Å². The maximum atomic E-state index is 12.8. The second kappa shape index (κ2) is 8.41. The lowest BCUT2D eigenvalue weighted by Crippen LogP contribution is -2.49. The summed E-state index contributed by atoms with van der Waals surface area (Å²) in [5.74, 6) is 1.10. The molecular weight excluding hydrogens is 382 g/mol. The number of ether oxygens (including phenoxy) is 1. The molecule has 6 heteroatoms. The Morgan fingerprint density at radius 2 is 1.90 bits per heavy atom. The molecule has 0 atom stereocenters. The predicted molar refractivity (Wildman–Crippen MR) is 119 cm³/mol. The average molecular weight is 410 g/mol. The van der Waals surface area contributed by atoms with Crippen LogP contribution in [0.4, 0.5) is 5.13 Å². The number of thiazole rings is 1. The van der Waals surface area contributed by atoms with Crippen LogP contribution in [0.2, 0.25) is 0 Å². The first-order chi connectivity index (χ1) is 14.0. The lowest BCUT2D eigenvalue weighted by Gasteiger charge is -2.34. The van der Waals surface area contributed by atoms with Gasteiger partial charge < -0.3 is 14.5 Å². The van der Waals surface area contributed by atoms with Crippen molar-refractivity contribution >= 4 is 32.6 Å². The number of anilines is 1. The molecule has 0 N–H and O–H groups in total. The number of amides is 1. The van der Waals surface area contributed by atoms with Crippen molar-refractivity contribution in [2.75, 3.05) is 37.7 Å². The smallest absolute Gasteiger partial charge is 0.227 e. The minimum absolute atomic E-state index is 0.212. The van der Waals surface area contributed by atoms with Crippen LogP contribution >= 0.6 is 11.3 Å². The van der Waals surface area contributed by atoms with Gasteiger partial charge in [0, 0.05) is 26.2 Å². The van der Waals surface area contributed by atoms with Crippen LogP contribution < -0.4 is 9.64 Å². The zero-order valence-corrected chi connectivity index (χ0v) is 18.1. The van der Waals surface area contributed by atoms with E-state index in [2.05, 4.69) is 43.0 Å². The highest BCUT2D eigenvalue weighted by Gasteiger charge is 2.23. The Morgan fingerprint density at radius 3 is 2.66 bits per heavy atom. The number of carbonyl (C=O) groups excluding carboxylic acids is 1. The number of piperazine rings is 1. The molecule has 0 spiro atoms. The summed E-state index contributed by atoms with van der Waals surface area (Å²) in [5, 5.41) is 1.02. The maximum absolute atomic E-state index is 12.8. The van der Waals surface area contributed by atoms with Gasteiger partial charge in [-0.2, -0.15) is 0 Å². The Bertz CT molecular complexity index is 1020. The van der Waals surface area contributed by atoms with Crippen LogP contribution in [0, 0.1) is 13.8 Å². The third-order valence-electron chi connectivity index (χ3n) is 5.41. The molecule has 1 amide bonds. The fourth-order valence-electron chi connectivity index (χ4n) is 3.70. The van der Waals surface area contributed by atoms with E-state index in [1.807, 2.05) is 24.0 Å². The molecule has 5 nitrogen and oxygen atoms in total. The largest absolute Gasteiger partial charge is 0.494 e. The first-order valence-electron chi connectivity index (χ1n) is 10.2. The number of hydrogen-bond acceptors (Lipinski definition) is 5. The van der Waals surface area contributed by atoms with Gasteiger partial charge in [0.25, 0.3) is 0 Å². The molecule has 0 bridgehead atoms. The van der Waals surface area contributed by atoms with E-state index in [0.717, 1.165) is 52.8 Å². The summed E-state index contributed by atoms with van der Waals surface area (Å²) in [6.07, 6.45) is 0.481. The van der Waals surface area contributed by atoms with E-state index < -0.39 is 0 Å². The number of nitrogens with zero attached hydrogens (tertiary/aromatic N) is 3. The van der Waals surface area contributed by atoms with Crippen LogP contribution in [0.1, 0.15) is 23.6 Å². The number of carbonyl (C=O) groups is 1. The molecule has 152 valence electrons. The van der Waals surface area contributed by atoms with Gasteiger partial charge in [0.15, 0.2) is 5.13 Å². The van der Waals surface area contributed by atoms with E-state index in [9.17, 15) is 4.79 Å². The Balaban J connectivity index is 1.39. The van der Waals surface area contributed by atoms with Gasteiger partial charge in [-0.05, 0) is 50.1 Å². The van der Waals surface area contributed by atoms with Gasteiger partial charge in [-0.25, -0.2) is 4.98 Å². The molecule has 0 saturated carbocycles. The van der Waals surface area contributed by atoms with Crippen molar-refractivity contribution in [2.45, 2.75) is 27.2 Å². The second-order valence-corrected chi connectivity index (χ2v) is 8.54. The summed E-state index contributed by atoms with van der Waals surface area (Å²) in [4.78, 5) is 21.8. The van der Waals surface area contributed by atoms with Gasteiger partial charge in [-0.15, -0.1) is 0 Å². The van der Waals surface area contributed by atoms with Crippen molar-refractivity contribution in [2.24, 2.45) is 0 Å². The van der Waals surface area contributed by atoms with Crippen molar-refractivity contribution in [3.05, 3.63) is 53.1 Å². The van der Waals surface area contributed by atoms with E-state index in [0.29, 0.717) is 13.0 Å². The van der Waals surface area contributed by atoms with E-state index in [1.54, 1.807) is 11.3 Å². The molecule has 1 aliphatic rings. The number of hydrogen-bond donors (Lipinski definition) is 0. The molecule has 29 heavy (non-hydrogen) atoms. The number of fused-ring (bicyclic) bond motifs is 1. The molecule has 1 fully saturated rings. The number of aryl methyl sites for hydroxylation is 2. The summed E-state index contributed by atoms with van der Waals surface area (Å²) in [6, 6.07) is 12.4.